The zero-order valence-corrected chi connectivity index (χ0v) is 21.6. The molecule has 240 valence electrons. The van der Waals surface area contributed by atoms with Gasteiger partial charge < -0.3 is 0 Å². The highest BCUT2D eigenvalue weighted by Gasteiger charge is 2.96. The van der Waals surface area contributed by atoms with E-state index in [1.807, 2.05) is 0 Å². The average molecular weight is 673 g/mol. The van der Waals surface area contributed by atoms with E-state index in [2.05, 4.69) is 3.63 Å². The molecule has 0 amide bonds. The fourth-order valence-electron chi connectivity index (χ4n) is 2.34. The lowest BCUT2D eigenvalue weighted by atomic mass is 9.91. The van der Waals surface area contributed by atoms with Crippen LogP contribution in [0.15, 0.2) is 0 Å². The summed E-state index contributed by atoms with van der Waals surface area (Å²) in [6.45, 7) is 4.73. The summed E-state index contributed by atoms with van der Waals surface area (Å²) in [6.07, 6.45) is -8.38. The number of hydrogen-bond donors (Lipinski definition) is 0. The molecule has 23 heteroatoms. The number of hydrogen-bond acceptors (Lipinski definition) is 4. The van der Waals surface area contributed by atoms with E-state index in [4.69, 9.17) is 0 Å². The van der Waals surface area contributed by atoms with Gasteiger partial charge in [0.25, 0.3) is 0 Å². The van der Waals surface area contributed by atoms with Crippen molar-refractivity contribution in [1.82, 2.24) is 0 Å². The third kappa shape index (κ3) is 6.24. The Morgan fingerprint density at radius 1 is 0.625 bits per heavy atom. The molecule has 0 aromatic rings. The molecule has 0 aliphatic heterocycles. The van der Waals surface area contributed by atoms with Crippen molar-refractivity contribution in [2.45, 2.75) is 81.1 Å². The van der Waals surface area contributed by atoms with Crippen LogP contribution in [0.25, 0.3) is 0 Å². The van der Waals surface area contributed by atoms with Gasteiger partial charge in [-0.25, -0.2) is 0 Å². The predicted molar refractivity (Wildman–Crippen MR) is 103 cm³/mol. The fraction of sp³-hybridized carbons (Fsp3) is 0.941. The molecular weight excluding hydrogens is 655 g/mol. The van der Waals surface area contributed by atoms with E-state index < -0.39 is 97.4 Å². The van der Waals surface area contributed by atoms with Crippen LogP contribution < -0.4 is 0 Å². The monoisotopic (exact) mass is 673 g/mol. The van der Waals surface area contributed by atoms with Crippen molar-refractivity contribution < 1.29 is 91.5 Å². The summed E-state index contributed by atoms with van der Waals surface area (Å²) in [5.74, 6) is -55.1. The molecule has 4 nitrogen and oxygen atoms in total. The van der Waals surface area contributed by atoms with Gasteiger partial charge in [-0.2, -0.15) is 83.1 Å². The van der Waals surface area contributed by atoms with Crippen molar-refractivity contribution in [3.8, 4) is 0 Å². The number of alkyl halides is 17. The molecule has 0 N–H and O–H groups in total. The summed E-state index contributed by atoms with van der Waals surface area (Å²) in [5.41, 5.74) is -1.21. The van der Waals surface area contributed by atoms with E-state index in [1.165, 1.54) is 20.8 Å². The molecule has 0 aliphatic rings. The quantitative estimate of drug-likeness (QED) is 0.159. The number of Topliss-reactive ketones (excluding diaryl/α,β-unsaturated/α-hetero) is 1. The second-order valence-corrected chi connectivity index (χ2v) is 12.6. The van der Waals surface area contributed by atoms with Gasteiger partial charge in [-0.15, -0.1) is 0 Å². The first-order valence-electron chi connectivity index (χ1n) is 9.88. The van der Waals surface area contributed by atoms with Gasteiger partial charge in [0, 0.05) is 11.8 Å². The summed E-state index contributed by atoms with van der Waals surface area (Å²) in [7, 11) is -7.72. The maximum atomic E-state index is 14.2. The van der Waals surface area contributed by atoms with Crippen LogP contribution in [0.3, 0.4) is 0 Å². The van der Waals surface area contributed by atoms with Gasteiger partial charge in [0.15, 0.2) is 17.0 Å². The lowest BCUT2D eigenvalue weighted by molar-refractivity contribution is -0.458. The van der Waals surface area contributed by atoms with Gasteiger partial charge in [0.2, 0.25) is 5.75 Å². The minimum Gasteiger partial charge on any atom is -0.294 e. The standard InChI is InChI=1S/C17H18F17O4S2/c1-5-8(35)6-39(7-9(2,3)4)38-40(36,37)17(33,34)15(28,29)13(24,25)11(20,21)10(18,19)12(22,23)14(26,27)16(30,31)32/h5-7H2,1-4H3/q+1. The van der Waals surface area contributed by atoms with Crippen molar-refractivity contribution in [3.05, 3.63) is 0 Å². The third-order valence-electron chi connectivity index (χ3n) is 4.50. The fourth-order valence-corrected chi connectivity index (χ4v) is 6.15. The molecule has 0 heterocycles. The van der Waals surface area contributed by atoms with E-state index in [0.717, 1.165) is 6.92 Å². The molecule has 0 saturated carbocycles. The van der Waals surface area contributed by atoms with E-state index >= 15 is 0 Å². The van der Waals surface area contributed by atoms with Crippen LogP contribution in [0, 0.1) is 5.41 Å². The smallest absolute Gasteiger partial charge is 0.294 e. The maximum absolute atomic E-state index is 14.2. The Balaban J connectivity index is 6.93. The molecule has 0 bridgehead atoms. The molecule has 1 unspecified atom stereocenters. The Morgan fingerprint density at radius 2 is 0.950 bits per heavy atom. The van der Waals surface area contributed by atoms with Crippen LogP contribution in [0.4, 0.5) is 74.6 Å². The first kappa shape index (κ1) is 38.7. The Labute approximate surface area is 217 Å². The average Bonchev–Trinajstić information content (AvgIpc) is 2.69. The molecule has 0 fully saturated rings. The van der Waals surface area contributed by atoms with Crippen molar-refractivity contribution in [2.75, 3.05) is 11.5 Å². The highest BCUT2D eigenvalue weighted by molar-refractivity contribution is 8.03. The SMILES string of the molecule is CCC(=O)C[S+](CC(C)(C)C)OS(=O)(=O)C(F)(F)C(F)(F)C(F)(F)C(F)(F)C(F)(F)C(F)(F)C(F)(F)C(F)(F)F. The van der Waals surface area contributed by atoms with E-state index in [0.29, 0.717) is 0 Å². The molecule has 0 spiro atoms. The lowest BCUT2D eigenvalue weighted by Crippen LogP contribution is -2.75. The maximum Gasteiger partial charge on any atom is 0.460 e. The van der Waals surface area contributed by atoms with Crippen LogP contribution in [0.2, 0.25) is 0 Å². The van der Waals surface area contributed by atoms with Crippen LogP contribution in [0.5, 0.6) is 0 Å². The number of carbonyl (C=O) groups excluding carboxylic acids is 1. The summed E-state index contributed by atoms with van der Waals surface area (Å²) in [6, 6.07) is 0. The minimum absolute atomic E-state index is 0.472. The van der Waals surface area contributed by atoms with Gasteiger partial charge in [0.05, 0.1) is 0 Å². The Kier molecular flexibility index (Phi) is 10.4. The molecule has 0 saturated heterocycles. The molecule has 0 radical (unpaired) electrons. The number of rotatable bonds is 13. The van der Waals surface area contributed by atoms with Gasteiger partial charge in [-0.05, 0) is 3.63 Å². The van der Waals surface area contributed by atoms with Crippen LogP contribution in [-0.4, -0.2) is 72.7 Å². The summed E-state index contributed by atoms with van der Waals surface area (Å²) >= 11 is -2.75. The first-order chi connectivity index (χ1) is 17.0. The predicted octanol–water partition coefficient (Wildman–Crippen LogP) is 6.86. The van der Waals surface area contributed by atoms with Crippen molar-refractivity contribution in [3.63, 3.8) is 0 Å². The zero-order chi connectivity index (χ0) is 33.0. The Hall–Kier alpha value is -1.26. The summed E-state index contributed by atoms with van der Waals surface area (Å²) in [4.78, 5) is 11.6. The van der Waals surface area contributed by atoms with E-state index in [9.17, 15) is 87.8 Å². The molecule has 0 aliphatic carbocycles. The second-order valence-electron chi connectivity index (χ2n) is 9.16. The first-order valence-corrected chi connectivity index (χ1v) is 12.8. The van der Waals surface area contributed by atoms with Gasteiger partial charge in [-0.1, -0.05) is 27.7 Å². The largest absolute Gasteiger partial charge is 0.460 e. The highest BCUT2D eigenvalue weighted by atomic mass is 32.3. The highest BCUT2D eigenvalue weighted by Crippen LogP contribution is 2.64. The van der Waals surface area contributed by atoms with E-state index in [1.54, 1.807) is 0 Å². The van der Waals surface area contributed by atoms with Gasteiger partial charge >= 0.3 is 57.1 Å². The Morgan fingerprint density at radius 3 is 1.25 bits per heavy atom. The summed E-state index contributed by atoms with van der Waals surface area (Å²) < 4.78 is 255. The molecule has 1 atom stereocenters. The van der Waals surface area contributed by atoms with Crippen LogP contribution in [-0.2, 0) is 29.7 Å². The molecule has 40 heavy (non-hydrogen) atoms. The van der Waals surface area contributed by atoms with Gasteiger partial charge in [0.1, 0.15) is 5.75 Å². The van der Waals surface area contributed by atoms with Crippen LogP contribution in [0.1, 0.15) is 34.1 Å². The number of ketones is 1. The number of halogens is 17. The van der Waals surface area contributed by atoms with Crippen molar-refractivity contribution in [1.29, 1.82) is 0 Å². The molecular formula is C17H18F17O4S2+. The van der Waals surface area contributed by atoms with Gasteiger partial charge in [-0.3, -0.25) is 4.79 Å². The minimum atomic E-state index is -8.92. The molecule has 0 rings (SSSR count). The molecule has 0 aromatic heterocycles. The third-order valence-corrected chi connectivity index (χ3v) is 8.71. The topological polar surface area (TPSA) is 60.4 Å². The van der Waals surface area contributed by atoms with Crippen molar-refractivity contribution in [2.24, 2.45) is 5.41 Å². The number of carbonyl (C=O) groups is 1. The second kappa shape index (κ2) is 10.8. The normalized spacial score (nSPS) is 16.7. The van der Waals surface area contributed by atoms with Crippen LogP contribution >= 0.6 is 0 Å². The molecule has 0 aromatic carbocycles. The summed E-state index contributed by atoms with van der Waals surface area (Å²) in [5, 5.41) is -7.77. The van der Waals surface area contributed by atoms with E-state index in [-0.39, 0.29) is 0 Å². The van der Waals surface area contributed by atoms with Crippen molar-refractivity contribution >= 4 is 27.1 Å². The Bertz CT molecular complexity index is 1030. The lowest BCUT2D eigenvalue weighted by Gasteiger charge is -2.42. The zero-order valence-electron chi connectivity index (χ0n) is 20.0.